The molecule has 11 heavy (non-hydrogen) atoms. The van der Waals surface area contributed by atoms with Gasteiger partial charge in [0.1, 0.15) is 0 Å². The summed E-state index contributed by atoms with van der Waals surface area (Å²) < 4.78 is 0. The molecule has 0 atom stereocenters. The second-order valence-corrected chi connectivity index (χ2v) is 3.15. The third-order valence-corrected chi connectivity index (χ3v) is 2.16. The molecular formula is C9H10OS. The summed E-state index contributed by atoms with van der Waals surface area (Å²) in [7, 11) is 0. The van der Waals surface area contributed by atoms with Crippen LogP contribution in [-0.2, 0) is 4.79 Å². The molecule has 0 N–H and O–H groups in total. The van der Waals surface area contributed by atoms with Gasteiger partial charge in [0.15, 0.2) is 5.78 Å². The molecule has 1 heterocycles. The van der Waals surface area contributed by atoms with E-state index in [1.807, 2.05) is 30.5 Å². The normalized spacial score (nSPS) is 10.6. The van der Waals surface area contributed by atoms with Gasteiger partial charge < -0.3 is 0 Å². The summed E-state index contributed by atoms with van der Waals surface area (Å²) in [5, 5.41) is 2.00. The van der Waals surface area contributed by atoms with Crippen molar-refractivity contribution in [3.63, 3.8) is 0 Å². The average Bonchev–Trinajstić information content (AvgIpc) is 2.52. The van der Waals surface area contributed by atoms with E-state index in [1.165, 1.54) is 0 Å². The van der Waals surface area contributed by atoms with E-state index in [9.17, 15) is 4.79 Å². The maximum atomic E-state index is 10.8. The third-order valence-electron chi connectivity index (χ3n) is 1.33. The summed E-state index contributed by atoms with van der Waals surface area (Å²) in [6.45, 7) is 1.86. The first kappa shape index (κ1) is 8.21. The highest BCUT2D eigenvalue weighted by atomic mass is 32.1. The Balaban J connectivity index is 2.55. The summed E-state index contributed by atoms with van der Waals surface area (Å²) in [5.41, 5.74) is 0. The molecule has 0 saturated carbocycles. The minimum atomic E-state index is 0.179. The minimum absolute atomic E-state index is 0.179. The first-order valence-electron chi connectivity index (χ1n) is 3.57. The summed E-state index contributed by atoms with van der Waals surface area (Å²) in [6.07, 6.45) is 4.07. The molecule has 0 aromatic carbocycles. The van der Waals surface area contributed by atoms with E-state index in [1.54, 1.807) is 17.4 Å². The lowest BCUT2D eigenvalue weighted by molar-refractivity contribution is -0.114. The fraction of sp³-hybridized carbons (Fsp3) is 0.222. The van der Waals surface area contributed by atoms with Gasteiger partial charge in [-0.3, -0.25) is 4.79 Å². The van der Waals surface area contributed by atoms with Crippen LogP contribution in [0.5, 0.6) is 0 Å². The van der Waals surface area contributed by atoms with Crippen molar-refractivity contribution in [2.45, 2.75) is 13.3 Å². The highest BCUT2D eigenvalue weighted by Crippen LogP contribution is 2.10. The lowest BCUT2D eigenvalue weighted by atomic mass is 10.3. The highest BCUT2D eigenvalue weighted by molar-refractivity contribution is 7.10. The Morgan fingerprint density at radius 2 is 2.55 bits per heavy atom. The van der Waals surface area contributed by atoms with Crippen LogP contribution in [0.25, 0.3) is 6.08 Å². The minimum Gasteiger partial charge on any atom is -0.295 e. The molecule has 0 bridgehead atoms. The lowest BCUT2D eigenvalue weighted by Gasteiger charge is -1.83. The van der Waals surface area contributed by atoms with Crippen LogP contribution in [0.1, 0.15) is 18.2 Å². The van der Waals surface area contributed by atoms with Crippen LogP contribution < -0.4 is 0 Å². The van der Waals surface area contributed by atoms with Crippen LogP contribution in [0.3, 0.4) is 0 Å². The zero-order valence-corrected chi connectivity index (χ0v) is 7.23. The molecule has 1 nitrogen and oxygen atoms in total. The zero-order chi connectivity index (χ0) is 8.10. The molecule has 0 radical (unpaired) electrons. The Bertz CT molecular complexity index is 247. The van der Waals surface area contributed by atoms with E-state index in [2.05, 4.69) is 0 Å². The van der Waals surface area contributed by atoms with Gasteiger partial charge in [0, 0.05) is 11.3 Å². The van der Waals surface area contributed by atoms with Crippen LogP contribution in [0.15, 0.2) is 23.6 Å². The molecule has 1 rings (SSSR count). The fourth-order valence-corrected chi connectivity index (χ4v) is 1.30. The zero-order valence-electron chi connectivity index (χ0n) is 6.41. The highest BCUT2D eigenvalue weighted by Gasteiger charge is 1.90. The van der Waals surface area contributed by atoms with E-state index < -0.39 is 0 Å². The maximum Gasteiger partial charge on any atom is 0.155 e. The smallest absolute Gasteiger partial charge is 0.155 e. The van der Waals surface area contributed by atoms with Crippen LogP contribution >= 0.6 is 11.3 Å². The third kappa shape index (κ3) is 2.68. The monoisotopic (exact) mass is 166 g/mol. The molecule has 2 heteroatoms. The first-order valence-corrected chi connectivity index (χ1v) is 4.45. The van der Waals surface area contributed by atoms with Crippen molar-refractivity contribution in [2.24, 2.45) is 0 Å². The SMILES string of the molecule is CCC(=O)/C=C/c1cccs1. The number of hydrogen-bond acceptors (Lipinski definition) is 2. The van der Waals surface area contributed by atoms with Gasteiger partial charge >= 0.3 is 0 Å². The number of rotatable bonds is 3. The number of hydrogen-bond donors (Lipinski definition) is 0. The van der Waals surface area contributed by atoms with E-state index in [4.69, 9.17) is 0 Å². The summed E-state index contributed by atoms with van der Waals surface area (Å²) in [4.78, 5) is 12.0. The van der Waals surface area contributed by atoms with Gasteiger partial charge in [0.05, 0.1) is 0 Å². The summed E-state index contributed by atoms with van der Waals surface area (Å²) in [6, 6.07) is 3.96. The van der Waals surface area contributed by atoms with Gasteiger partial charge in [0.2, 0.25) is 0 Å². The predicted molar refractivity (Wildman–Crippen MR) is 48.7 cm³/mol. The van der Waals surface area contributed by atoms with Crippen LogP contribution in [0.2, 0.25) is 0 Å². The van der Waals surface area contributed by atoms with Crippen molar-refractivity contribution >= 4 is 23.2 Å². The van der Waals surface area contributed by atoms with Crippen molar-refractivity contribution in [3.05, 3.63) is 28.5 Å². The predicted octanol–water partition coefficient (Wildman–Crippen LogP) is 2.74. The van der Waals surface area contributed by atoms with E-state index >= 15 is 0 Å². The number of allylic oxidation sites excluding steroid dienone is 1. The molecule has 0 aliphatic carbocycles. The molecule has 58 valence electrons. The molecule has 0 aliphatic rings. The van der Waals surface area contributed by atoms with Gasteiger partial charge in [-0.15, -0.1) is 11.3 Å². The lowest BCUT2D eigenvalue weighted by Crippen LogP contribution is -1.85. The molecule has 0 spiro atoms. The quantitative estimate of drug-likeness (QED) is 0.631. The van der Waals surface area contributed by atoms with Crippen LogP contribution in [-0.4, -0.2) is 5.78 Å². The van der Waals surface area contributed by atoms with Crippen molar-refractivity contribution < 1.29 is 4.79 Å². The number of carbonyl (C=O) groups is 1. The second-order valence-electron chi connectivity index (χ2n) is 2.17. The fourth-order valence-electron chi connectivity index (χ4n) is 0.679. The van der Waals surface area contributed by atoms with Crippen molar-refractivity contribution in [1.82, 2.24) is 0 Å². The maximum absolute atomic E-state index is 10.8. The standard InChI is InChI=1S/C9H10OS/c1-2-8(10)5-6-9-4-3-7-11-9/h3-7H,2H2,1H3/b6-5+. The topological polar surface area (TPSA) is 17.1 Å². The Morgan fingerprint density at radius 3 is 3.09 bits per heavy atom. The molecule has 0 fully saturated rings. The van der Waals surface area contributed by atoms with E-state index in [0.29, 0.717) is 6.42 Å². The number of ketones is 1. The largest absolute Gasteiger partial charge is 0.295 e. The van der Waals surface area contributed by atoms with Gasteiger partial charge in [0.25, 0.3) is 0 Å². The van der Waals surface area contributed by atoms with Gasteiger partial charge in [-0.05, 0) is 23.6 Å². The molecule has 0 aliphatic heterocycles. The van der Waals surface area contributed by atoms with E-state index in [-0.39, 0.29) is 5.78 Å². The Labute approximate surface area is 70.4 Å². The van der Waals surface area contributed by atoms with Gasteiger partial charge in [-0.2, -0.15) is 0 Å². The first-order chi connectivity index (χ1) is 5.33. The number of carbonyl (C=O) groups excluding carboxylic acids is 1. The van der Waals surface area contributed by atoms with Crippen molar-refractivity contribution in [2.75, 3.05) is 0 Å². The van der Waals surface area contributed by atoms with Crippen LogP contribution in [0.4, 0.5) is 0 Å². The molecule has 0 amide bonds. The Hall–Kier alpha value is -0.890. The van der Waals surface area contributed by atoms with Gasteiger partial charge in [-0.25, -0.2) is 0 Å². The number of thiophene rings is 1. The Morgan fingerprint density at radius 1 is 1.73 bits per heavy atom. The molecule has 0 unspecified atom stereocenters. The van der Waals surface area contributed by atoms with E-state index in [0.717, 1.165) is 4.88 Å². The van der Waals surface area contributed by atoms with Gasteiger partial charge in [-0.1, -0.05) is 13.0 Å². The molecule has 0 saturated heterocycles. The van der Waals surface area contributed by atoms with Crippen molar-refractivity contribution in [3.8, 4) is 0 Å². The molecular weight excluding hydrogens is 156 g/mol. The second kappa shape index (κ2) is 4.09. The van der Waals surface area contributed by atoms with Crippen LogP contribution in [0, 0.1) is 0 Å². The molecule has 1 aromatic rings. The summed E-state index contributed by atoms with van der Waals surface area (Å²) in [5.74, 6) is 0.179. The summed E-state index contributed by atoms with van der Waals surface area (Å²) >= 11 is 1.64. The Kier molecular flexibility index (Phi) is 3.05. The average molecular weight is 166 g/mol. The molecule has 1 aromatic heterocycles. The van der Waals surface area contributed by atoms with Crippen molar-refractivity contribution in [1.29, 1.82) is 0 Å².